The molecule has 1 aliphatic heterocycles. The molecule has 4 rings (SSSR count). The number of aromatic nitrogens is 2. The Labute approximate surface area is 153 Å². The van der Waals surface area contributed by atoms with Gasteiger partial charge in [0.1, 0.15) is 11.6 Å². The van der Waals surface area contributed by atoms with E-state index in [0.717, 1.165) is 48.9 Å². The number of ether oxygens (including phenoxy) is 2. The number of rotatable bonds is 5. The molecule has 0 bridgehead atoms. The summed E-state index contributed by atoms with van der Waals surface area (Å²) >= 11 is 0. The van der Waals surface area contributed by atoms with Crippen molar-refractivity contribution in [2.75, 3.05) is 18.5 Å². The van der Waals surface area contributed by atoms with Gasteiger partial charge in [-0.2, -0.15) is 0 Å². The third-order valence-corrected chi connectivity index (χ3v) is 4.47. The summed E-state index contributed by atoms with van der Waals surface area (Å²) in [7, 11) is 0. The number of benzene rings is 1. The van der Waals surface area contributed by atoms with Gasteiger partial charge in [-0.1, -0.05) is 12.1 Å². The zero-order valence-electron chi connectivity index (χ0n) is 14.5. The second kappa shape index (κ2) is 7.97. The van der Waals surface area contributed by atoms with Crippen LogP contribution in [0.25, 0.3) is 0 Å². The van der Waals surface area contributed by atoms with Crippen molar-refractivity contribution in [3.63, 3.8) is 0 Å². The minimum atomic E-state index is 0.442. The van der Waals surface area contributed by atoms with Gasteiger partial charge in [0.25, 0.3) is 0 Å². The number of pyridine rings is 2. The van der Waals surface area contributed by atoms with Crippen LogP contribution in [0.5, 0.6) is 11.6 Å². The highest BCUT2D eigenvalue weighted by Gasteiger charge is 2.20. The van der Waals surface area contributed by atoms with E-state index in [9.17, 15) is 0 Å². The average molecular weight is 347 g/mol. The summed E-state index contributed by atoms with van der Waals surface area (Å²) in [5.41, 5.74) is 2.12. The van der Waals surface area contributed by atoms with Crippen molar-refractivity contribution < 1.29 is 9.47 Å². The monoisotopic (exact) mass is 347 g/mol. The molecule has 1 aliphatic rings. The topological polar surface area (TPSA) is 56.3 Å². The quantitative estimate of drug-likeness (QED) is 0.711. The van der Waals surface area contributed by atoms with Crippen LogP contribution in [-0.4, -0.2) is 23.2 Å². The SMILES string of the molecule is c1ccc(Nc2ccc(Oc3ncccc3C3CCOCC3)cc2)nc1. The fourth-order valence-corrected chi connectivity index (χ4v) is 3.11. The highest BCUT2D eigenvalue weighted by Crippen LogP contribution is 2.34. The molecule has 3 aromatic rings. The predicted octanol–water partition coefficient (Wildman–Crippen LogP) is 4.91. The molecule has 1 N–H and O–H groups in total. The van der Waals surface area contributed by atoms with Crippen LogP contribution in [-0.2, 0) is 4.74 Å². The van der Waals surface area contributed by atoms with Gasteiger partial charge in [0, 0.05) is 36.9 Å². The maximum absolute atomic E-state index is 6.07. The first-order valence-corrected chi connectivity index (χ1v) is 8.87. The second-order valence-corrected chi connectivity index (χ2v) is 6.25. The smallest absolute Gasteiger partial charge is 0.222 e. The molecular weight excluding hydrogens is 326 g/mol. The summed E-state index contributed by atoms with van der Waals surface area (Å²) < 4.78 is 11.5. The van der Waals surface area contributed by atoms with Crippen LogP contribution in [0.2, 0.25) is 0 Å². The molecule has 2 aromatic heterocycles. The van der Waals surface area contributed by atoms with E-state index >= 15 is 0 Å². The molecule has 0 unspecified atom stereocenters. The van der Waals surface area contributed by atoms with Crippen LogP contribution in [0.15, 0.2) is 67.0 Å². The van der Waals surface area contributed by atoms with E-state index in [1.165, 1.54) is 0 Å². The Bertz CT molecular complexity index is 831. The third-order valence-electron chi connectivity index (χ3n) is 4.47. The Balaban J connectivity index is 1.47. The van der Waals surface area contributed by atoms with Gasteiger partial charge in [-0.25, -0.2) is 9.97 Å². The van der Waals surface area contributed by atoms with Gasteiger partial charge in [-0.15, -0.1) is 0 Å². The highest BCUT2D eigenvalue weighted by atomic mass is 16.5. The van der Waals surface area contributed by atoms with Gasteiger partial charge in [0.15, 0.2) is 0 Å². The van der Waals surface area contributed by atoms with Crippen LogP contribution in [0, 0.1) is 0 Å². The standard InChI is InChI=1S/C21H21N3O2/c1-2-12-22-20(5-1)24-17-6-8-18(9-7-17)26-21-19(4-3-13-23-21)16-10-14-25-15-11-16/h1-9,12-13,16H,10-11,14-15H2,(H,22,24). The molecule has 5 heteroatoms. The lowest BCUT2D eigenvalue weighted by Crippen LogP contribution is -2.15. The lowest BCUT2D eigenvalue weighted by atomic mass is 9.92. The summed E-state index contributed by atoms with van der Waals surface area (Å²) in [5.74, 6) is 2.71. The number of nitrogens with zero attached hydrogens (tertiary/aromatic N) is 2. The number of hydrogen-bond acceptors (Lipinski definition) is 5. The molecule has 1 aromatic carbocycles. The van der Waals surface area contributed by atoms with Crippen molar-refractivity contribution in [2.24, 2.45) is 0 Å². The number of nitrogens with one attached hydrogen (secondary N) is 1. The van der Waals surface area contributed by atoms with E-state index < -0.39 is 0 Å². The van der Waals surface area contributed by atoms with Crippen LogP contribution in [0.1, 0.15) is 24.3 Å². The van der Waals surface area contributed by atoms with E-state index in [2.05, 4.69) is 21.4 Å². The van der Waals surface area contributed by atoms with Crippen LogP contribution in [0.3, 0.4) is 0 Å². The largest absolute Gasteiger partial charge is 0.439 e. The van der Waals surface area contributed by atoms with Crippen molar-refractivity contribution in [2.45, 2.75) is 18.8 Å². The van der Waals surface area contributed by atoms with E-state index in [-0.39, 0.29) is 0 Å². The molecule has 1 saturated heterocycles. The molecule has 5 nitrogen and oxygen atoms in total. The summed E-state index contributed by atoms with van der Waals surface area (Å²) in [6.45, 7) is 1.60. The average Bonchev–Trinajstić information content (AvgIpc) is 2.71. The molecular formula is C21H21N3O2. The fourth-order valence-electron chi connectivity index (χ4n) is 3.11. The molecule has 0 atom stereocenters. The van der Waals surface area contributed by atoms with Crippen molar-refractivity contribution >= 4 is 11.5 Å². The molecule has 3 heterocycles. The Morgan fingerprint density at radius 2 is 1.69 bits per heavy atom. The fraction of sp³-hybridized carbons (Fsp3) is 0.238. The van der Waals surface area contributed by atoms with Crippen LogP contribution >= 0.6 is 0 Å². The maximum atomic E-state index is 6.07. The van der Waals surface area contributed by atoms with Crippen molar-refractivity contribution in [1.29, 1.82) is 0 Å². The van der Waals surface area contributed by atoms with Crippen molar-refractivity contribution in [3.8, 4) is 11.6 Å². The zero-order chi connectivity index (χ0) is 17.6. The normalized spacial score (nSPS) is 14.8. The first-order chi connectivity index (χ1) is 12.9. The van der Waals surface area contributed by atoms with Gasteiger partial charge in [-0.3, -0.25) is 0 Å². The Hall–Kier alpha value is -2.92. The molecule has 0 spiro atoms. The minimum Gasteiger partial charge on any atom is -0.439 e. The predicted molar refractivity (Wildman–Crippen MR) is 101 cm³/mol. The van der Waals surface area contributed by atoms with Crippen molar-refractivity contribution in [3.05, 3.63) is 72.6 Å². The maximum Gasteiger partial charge on any atom is 0.222 e. The molecule has 0 saturated carbocycles. The van der Waals surface area contributed by atoms with E-state index in [4.69, 9.17) is 9.47 Å². The van der Waals surface area contributed by atoms with Crippen molar-refractivity contribution in [1.82, 2.24) is 9.97 Å². The lowest BCUT2D eigenvalue weighted by Gasteiger charge is -2.23. The second-order valence-electron chi connectivity index (χ2n) is 6.25. The third kappa shape index (κ3) is 4.00. The van der Waals surface area contributed by atoms with Gasteiger partial charge in [-0.05, 0) is 61.2 Å². The molecule has 132 valence electrons. The highest BCUT2D eigenvalue weighted by molar-refractivity contribution is 5.57. The number of anilines is 2. The molecule has 0 amide bonds. The first-order valence-electron chi connectivity index (χ1n) is 8.87. The number of hydrogen-bond donors (Lipinski definition) is 1. The molecule has 26 heavy (non-hydrogen) atoms. The Morgan fingerprint density at radius 1 is 0.885 bits per heavy atom. The van der Waals surface area contributed by atoms with Gasteiger partial charge in [0.05, 0.1) is 0 Å². The molecule has 0 aliphatic carbocycles. The summed E-state index contributed by atoms with van der Waals surface area (Å²) in [4.78, 5) is 8.72. The van der Waals surface area contributed by atoms with E-state index in [1.807, 2.05) is 48.5 Å². The summed E-state index contributed by atoms with van der Waals surface area (Å²) in [6.07, 6.45) is 5.55. The lowest BCUT2D eigenvalue weighted by molar-refractivity contribution is 0.0848. The molecule has 0 radical (unpaired) electrons. The van der Waals surface area contributed by atoms with Gasteiger partial charge >= 0.3 is 0 Å². The summed E-state index contributed by atoms with van der Waals surface area (Å²) in [5, 5.41) is 3.26. The van der Waals surface area contributed by atoms with Gasteiger partial charge < -0.3 is 14.8 Å². The van der Waals surface area contributed by atoms with Crippen LogP contribution < -0.4 is 10.1 Å². The van der Waals surface area contributed by atoms with E-state index in [1.54, 1.807) is 12.4 Å². The molecule has 1 fully saturated rings. The zero-order valence-corrected chi connectivity index (χ0v) is 14.5. The minimum absolute atomic E-state index is 0.442. The van der Waals surface area contributed by atoms with Crippen LogP contribution in [0.4, 0.5) is 11.5 Å². The first kappa shape index (κ1) is 16.5. The van der Waals surface area contributed by atoms with Gasteiger partial charge in [0.2, 0.25) is 5.88 Å². The Kier molecular flexibility index (Phi) is 5.07. The summed E-state index contributed by atoms with van der Waals surface area (Å²) in [6, 6.07) is 17.7. The van der Waals surface area contributed by atoms with E-state index in [0.29, 0.717) is 11.8 Å². The Morgan fingerprint density at radius 3 is 2.46 bits per heavy atom.